The Morgan fingerprint density at radius 1 is 1.05 bits per heavy atom. The van der Waals surface area contributed by atoms with Crippen LogP contribution in [-0.4, -0.2) is 4.98 Å². The predicted octanol–water partition coefficient (Wildman–Crippen LogP) is 6.07. The van der Waals surface area contributed by atoms with Crippen molar-refractivity contribution in [1.29, 1.82) is 5.26 Å². The fraction of sp³-hybridized carbons (Fsp3) is 0.143. The van der Waals surface area contributed by atoms with E-state index in [0.717, 1.165) is 28.6 Å². The van der Waals surface area contributed by atoms with Crippen molar-refractivity contribution in [3.63, 3.8) is 0 Å². The highest BCUT2D eigenvalue weighted by Crippen LogP contribution is 2.37. The average molecular weight is 514 g/mol. The summed E-state index contributed by atoms with van der Waals surface area (Å²) in [6.45, 7) is 2.09. The molecule has 0 aliphatic carbocycles. The predicted molar refractivity (Wildman–Crippen MR) is 145 cm³/mol. The van der Waals surface area contributed by atoms with E-state index in [0.29, 0.717) is 27.5 Å². The van der Waals surface area contributed by atoms with Crippen LogP contribution in [0.25, 0.3) is 10.9 Å². The third-order valence-electron chi connectivity index (χ3n) is 6.31. The topological polar surface area (TPSA) is 96.8 Å². The van der Waals surface area contributed by atoms with E-state index >= 15 is 0 Å². The van der Waals surface area contributed by atoms with Crippen molar-refractivity contribution in [3.8, 4) is 6.07 Å². The number of nitrogens with one attached hydrogen (secondary N) is 5. The van der Waals surface area contributed by atoms with Crippen LogP contribution in [0, 0.1) is 17.1 Å². The largest absolute Gasteiger partial charge is 0.377 e. The number of hydrogen-bond donors (Lipinski definition) is 5. The van der Waals surface area contributed by atoms with Crippen molar-refractivity contribution >= 4 is 33.9 Å². The Labute approximate surface area is 219 Å². The van der Waals surface area contributed by atoms with E-state index < -0.39 is 0 Å². The fourth-order valence-electron chi connectivity index (χ4n) is 4.44. The molecule has 7 nitrogen and oxygen atoms in total. The number of aromatic nitrogens is 1. The van der Waals surface area contributed by atoms with Crippen molar-refractivity contribution < 1.29 is 4.39 Å². The van der Waals surface area contributed by atoms with E-state index in [9.17, 15) is 9.65 Å². The summed E-state index contributed by atoms with van der Waals surface area (Å²) in [5, 5.41) is 18.1. The third kappa shape index (κ3) is 5.14. The number of pyridine rings is 1. The minimum absolute atomic E-state index is 0.00810. The molecular formula is C28H25ClFN7. The molecule has 9 heteroatoms. The summed E-state index contributed by atoms with van der Waals surface area (Å²) in [5.74, 6) is -0.310. The molecule has 3 aromatic carbocycles. The van der Waals surface area contributed by atoms with Crippen LogP contribution in [0.4, 0.5) is 15.8 Å². The molecule has 186 valence electrons. The molecule has 4 aromatic rings. The molecule has 1 aliphatic heterocycles. The van der Waals surface area contributed by atoms with Crippen LogP contribution in [0.15, 0.2) is 84.8 Å². The van der Waals surface area contributed by atoms with E-state index in [1.54, 1.807) is 30.6 Å². The third-order valence-corrected chi connectivity index (χ3v) is 6.59. The zero-order valence-electron chi connectivity index (χ0n) is 20.0. The molecule has 0 spiro atoms. The van der Waals surface area contributed by atoms with Gasteiger partial charge in [0.25, 0.3) is 0 Å². The van der Waals surface area contributed by atoms with Gasteiger partial charge in [-0.2, -0.15) is 10.8 Å². The molecule has 0 saturated carbocycles. The second-order valence-corrected chi connectivity index (χ2v) is 9.06. The lowest BCUT2D eigenvalue weighted by molar-refractivity contribution is 0.582. The van der Waals surface area contributed by atoms with Crippen LogP contribution in [0.5, 0.6) is 0 Å². The number of fused-ring (bicyclic) bond motifs is 1. The normalized spacial score (nSPS) is 14.2. The maximum atomic E-state index is 13.6. The van der Waals surface area contributed by atoms with Crippen LogP contribution in [0.1, 0.15) is 42.1 Å². The van der Waals surface area contributed by atoms with Gasteiger partial charge in [0, 0.05) is 23.5 Å². The SMILES string of the molecule is CCC(Nc1c(C#N)cnc2c(Cl)cc(N[C@H](C3=CNNN3)c3ccc(F)cc3)cc12)c1ccccc1. The van der Waals surface area contributed by atoms with E-state index in [1.807, 2.05) is 24.3 Å². The van der Waals surface area contributed by atoms with Gasteiger partial charge < -0.3 is 21.5 Å². The van der Waals surface area contributed by atoms with Crippen LogP contribution in [0.3, 0.4) is 0 Å². The summed E-state index contributed by atoms with van der Waals surface area (Å²) >= 11 is 6.71. The molecule has 1 unspecified atom stereocenters. The quantitative estimate of drug-likeness (QED) is 0.195. The number of nitrogens with zero attached hydrogens (tertiary/aromatic N) is 2. The van der Waals surface area contributed by atoms with Gasteiger partial charge in [0.15, 0.2) is 0 Å². The first kappa shape index (κ1) is 24.4. The van der Waals surface area contributed by atoms with E-state index in [1.165, 1.54) is 12.1 Å². The van der Waals surface area contributed by atoms with Gasteiger partial charge in [-0.05, 0) is 41.8 Å². The molecule has 0 amide bonds. The van der Waals surface area contributed by atoms with Crippen LogP contribution < -0.4 is 27.0 Å². The summed E-state index contributed by atoms with van der Waals surface area (Å²) in [4.78, 5) is 4.48. The lowest BCUT2D eigenvalue weighted by atomic mass is 10.0. The first-order chi connectivity index (χ1) is 18.1. The van der Waals surface area contributed by atoms with Crippen LogP contribution in [0.2, 0.25) is 5.02 Å². The molecule has 1 aliphatic rings. The molecule has 5 N–H and O–H groups in total. The lowest BCUT2D eigenvalue weighted by Crippen LogP contribution is -2.33. The number of hydrogen-bond acceptors (Lipinski definition) is 7. The Morgan fingerprint density at radius 2 is 1.84 bits per heavy atom. The summed E-state index contributed by atoms with van der Waals surface area (Å²) in [7, 11) is 0. The second kappa shape index (κ2) is 10.7. The molecular weight excluding hydrogens is 489 g/mol. The Kier molecular flexibility index (Phi) is 7.08. The Balaban J connectivity index is 1.58. The van der Waals surface area contributed by atoms with Gasteiger partial charge in [-0.15, -0.1) is 0 Å². The van der Waals surface area contributed by atoms with Crippen molar-refractivity contribution in [2.75, 3.05) is 10.6 Å². The highest BCUT2D eigenvalue weighted by atomic mass is 35.5. The molecule has 37 heavy (non-hydrogen) atoms. The summed E-state index contributed by atoms with van der Waals surface area (Å²) < 4.78 is 13.6. The molecule has 5 rings (SSSR count). The molecule has 0 bridgehead atoms. The highest BCUT2D eigenvalue weighted by molar-refractivity contribution is 6.35. The number of halogens is 2. The number of anilines is 2. The minimum atomic E-state index is -0.340. The molecule has 2 heterocycles. The number of nitriles is 1. The number of rotatable bonds is 8. The highest BCUT2D eigenvalue weighted by Gasteiger charge is 2.22. The van der Waals surface area contributed by atoms with Gasteiger partial charge in [0.1, 0.15) is 11.9 Å². The van der Waals surface area contributed by atoms with E-state index in [2.05, 4.69) is 57.1 Å². The Morgan fingerprint density at radius 3 is 2.51 bits per heavy atom. The van der Waals surface area contributed by atoms with E-state index in [4.69, 9.17) is 11.6 Å². The van der Waals surface area contributed by atoms with Crippen molar-refractivity contribution in [1.82, 2.24) is 21.4 Å². The standard InChI is InChI=1S/C28H25ClFN7/c1-2-24(17-6-4-3-5-7-17)35-26-19(14-31)15-32-28-22(26)12-21(13-23(28)29)34-27(25-16-33-37-36-25)18-8-10-20(30)11-9-18/h3-13,15-16,24,27,33-34,36-37H,2H2,1H3,(H,32,35)/t24?,27-/m0/s1. The Bertz CT molecular complexity index is 1480. The zero-order chi connectivity index (χ0) is 25.8. The first-order valence-electron chi connectivity index (χ1n) is 11.9. The summed E-state index contributed by atoms with van der Waals surface area (Å²) in [6.07, 6.45) is 4.15. The maximum absolute atomic E-state index is 13.6. The van der Waals surface area contributed by atoms with Gasteiger partial charge in [0.2, 0.25) is 0 Å². The van der Waals surface area contributed by atoms with E-state index in [-0.39, 0.29) is 17.9 Å². The summed E-state index contributed by atoms with van der Waals surface area (Å²) in [6, 6.07) is 22.1. The van der Waals surface area contributed by atoms with Gasteiger partial charge in [-0.3, -0.25) is 4.98 Å². The second-order valence-electron chi connectivity index (χ2n) is 8.65. The monoisotopic (exact) mass is 513 g/mol. The molecule has 0 radical (unpaired) electrons. The van der Waals surface area contributed by atoms with Gasteiger partial charge in [0.05, 0.1) is 39.6 Å². The lowest BCUT2D eigenvalue weighted by Gasteiger charge is -2.23. The molecule has 2 atom stereocenters. The number of benzene rings is 3. The van der Waals surface area contributed by atoms with Crippen molar-refractivity contribution in [2.45, 2.75) is 25.4 Å². The molecule has 0 saturated heterocycles. The van der Waals surface area contributed by atoms with Crippen molar-refractivity contribution in [2.24, 2.45) is 0 Å². The maximum Gasteiger partial charge on any atom is 0.123 e. The Hall–Kier alpha value is -4.32. The van der Waals surface area contributed by atoms with Crippen molar-refractivity contribution in [3.05, 3.63) is 112 Å². The minimum Gasteiger partial charge on any atom is -0.377 e. The van der Waals surface area contributed by atoms with Crippen LogP contribution in [-0.2, 0) is 0 Å². The molecule has 0 fully saturated rings. The van der Waals surface area contributed by atoms with Gasteiger partial charge >= 0.3 is 0 Å². The van der Waals surface area contributed by atoms with Crippen LogP contribution >= 0.6 is 11.6 Å². The molecule has 1 aromatic heterocycles. The zero-order valence-corrected chi connectivity index (χ0v) is 20.8. The van der Waals surface area contributed by atoms with Gasteiger partial charge in [-0.25, -0.2) is 4.39 Å². The van der Waals surface area contributed by atoms with Gasteiger partial charge in [-0.1, -0.05) is 61.0 Å². The first-order valence-corrected chi connectivity index (χ1v) is 12.3. The summed E-state index contributed by atoms with van der Waals surface area (Å²) in [5.41, 5.74) is 14.0. The smallest absolute Gasteiger partial charge is 0.123 e. The average Bonchev–Trinajstić information content (AvgIpc) is 3.46. The fourth-order valence-corrected chi connectivity index (χ4v) is 4.71. The number of hydrazine groups is 2.